The SMILES string of the molecule is CC(=O)c1ccc(Oc2ccc(N3N=CCCN3)c(C(Cl)(Cl)Cl)c2)cc1. The second-order valence-corrected chi connectivity index (χ2v) is 7.95. The number of carbonyl (C=O) groups is 1. The Bertz CT molecular complexity index is 833. The van der Waals surface area contributed by atoms with Crippen LogP contribution < -0.4 is 15.3 Å². The van der Waals surface area contributed by atoms with Gasteiger partial charge in [-0.3, -0.25) is 4.79 Å². The van der Waals surface area contributed by atoms with E-state index < -0.39 is 3.79 Å². The molecular formula is C18H16Cl3N3O2. The molecule has 0 aliphatic carbocycles. The first-order chi connectivity index (χ1) is 12.3. The number of Topliss-reactive ketones (excluding diaryl/α,β-unsaturated/α-hetero) is 1. The van der Waals surface area contributed by atoms with Crippen LogP contribution in [-0.2, 0) is 3.79 Å². The normalized spacial score (nSPS) is 14.4. The first-order valence-corrected chi connectivity index (χ1v) is 9.04. The Hall–Kier alpha value is -1.79. The average Bonchev–Trinajstić information content (AvgIpc) is 2.62. The summed E-state index contributed by atoms with van der Waals surface area (Å²) in [7, 11) is 0. The van der Waals surface area contributed by atoms with Crippen LogP contribution >= 0.6 is 34.8 Å². The molecule has 0 aromatic heterocycles. The first kappa shape index (κ1) is 19.0. The zero-order chi connectivity index (χ0) is 18.7. The summed E-state index contributed by atoms with van der Waals surface area (Å²) in [5.41, 5.74) is 4.80. The molecule has 1 aliphatic heterocycles. The van der Waals surface area contributed by atoms with Crippen molar-refractivity contribution in [3.8, 4) is 11.5 Å². The van der Waals surface area contributed by atoms with E-state index in [9.17, 15) is 4.79 Å². The minimum absolute atomic E-state index is 0.00557. The van der Waals surface area contributed by atoms with Crippen molar-refractivity contribution >= 4 is 52.5 Å². The van der Waals surface area contributed by atoms with Crippen molar-refractivity contribution in [3.63, 3.8) is 0 Å². The number of nitrogens with zero attached hydrogens (tertiary/aromatic N) is 2. The predicted molar refractivity (Wildman–Crippen MR) is 106 cm³/mol. The lowest BCUT2D eigenvalue weighted by molar-refractivity contribution is 0.101. The summed E-state index contributed by atoms with van der Waals surface area (Å²) in [5.74, 6) is 1.08. The number of alkyl halides is 3. The Morgan fingerprint density at radius 1 is 1.15 bits per heavy atom. The van der Waals surface area contributed by atoms with Crippen LogP contribution in [0.15, 0.2) is 47.6 Å². The van der Waals surface area contributed by atoms with Crippen molar-refractivity contribution in [2.75, 3.05) is 11.7 Å². The van der Waals surface area contributed by atoms with Crippen molar-refractivity contribution in [1.82, 2.24) is 5.43 Å². The summed E-state index contributed by atoms with van der Waals surface area (Å²) in [6.45, 7) is 2.25. The van der Waals surface area contributed by atoms with Crippen molar-refractivity contribution in [1.29, 1.82) is 0 Å². The Labute approximate surface area is 166 Å². The van der Waals surface area contributed by atoms with Gasteiger partial charge in [0.05, 0.1) is 5.69 Å². The molecule has 0 bridgehead atoms. The van der Waals surface area contributed by atoms with Crippen LogP contribution in [0, 0.1) is 0 Å². The summed E-state index contributed by atoms with van der Waals surface area (Å²) in [4.78, 5) is 11.4. The van der Waals surface area contributed by atoms with E-state index in [1.165, 1.54) is 6.92 Å². The molecular weight excluding hydrogens is 397 g/mol. The molecule has 1 N–H and O–H groups in total. The Morgan fingerprint density at radius 3 is 2.42 bits per heavy atom. The number of rotatable bonds is 4. The average molecular weight is 413 g/mol. The number of benzene rings is 2. The fourth-order valence-electron chi connectivity index (χ4n) is 2.45. The summed E-state index contributed by atoms with van der Waals surface area (Å²) < 4.78 is 4.18. The standard InChI is InChI=1S/C18H16Cl3N3O2/c1-12(25)13-3-5-14(6-4-13)26-15-7-8-17(16(11-15)18(19,20)21)24-22-9-2-10-23-24/h3-9,11,23H,2,10H2,1H3. The third-order valence-electron chi connectivity index (χ3n) is 3.73. The molecule has 0 unspecified atom stereocenters. The lowest BCUT2D eigenvalue weighted by Gasteiger charge is -2.27. The van der Waals surface area contributed by atoms with E-state index >= 15 is 0 Å². The van der Waals surface area contributed by atoms with Crippen LogP contribution in [0.3, 0.4) is 0 Å². The molecule has 0 atom stereocenters. The highest BCUT2D eigenvalue weighted by Crippen LogP contribution is 2.45. The molecule has 0 spiro atoms. The molecule has 8 heteroatoms. The van der Waals surface area contributed by atoms with E-state index in [0.29, 0.717) is 28.3 Å². The molecule has 0 amide bonds. The number of anilines is 1. The third-order valence-corrected chi connectivity index (χ3v) is 4.34. The van der Waals surface area contributed by atoms with Crippen LogP contribution in [-0.4, -0.2) is 18.5 Å². The Kier molecular flexibility index (Phi) is 5.73. The highest BCUT2D eigenvalue weighted by molar-refractivity contribution is 6.67. The summed E-state index contributed by atoms with van der Waals surface area (Å²) in [6, 6.07) is 12.0. The third kappa shape index (κ3) is 4.48. The first-order valence-electron chi connectivity index (χ1n) is 7.91. The van der Waals surface area contributed by atoms with E-state index in [-0.39, 0.29) is 5.78 Å². The topological polar surface area (TPSA) is 53.9 Å². The van der Waals surface area contributed by atoms with Gasteiger partial charge in [-0.2, -0.15) is 10.2 Å². The number of carbonyl (C=O) groups excluding carboxylic acids is 1. The number of ether oxygens (including phenoxy) is 1. The molecule has 2 aromatic rings. The maximum Gasteiger partial charge on any atom is 0.218 e. The largest absolute Gasteiger partial charge is 0.457 e. The van der Waals surface area contributed by atoms with Crippen molar-refractivity contribution in [2.45, 2.75) is 17.1 Å². The quantitative estimate of drug-likeness (QED) is 0.553. The van der Waals surface area contributed by atoms with Gasteiger partial charge < -0.3 is 4.74 Å². The maximum absolute atomic E-state index is 11.4. The molecule has 136 valence electrons. The summed E-state index contributed by atoms with van der Waals surface area (Å²) in [5, 5.41) is 5.84. The molecule has 3 rings (SSSR count). The Morgan fingerprint density at radius 2 is 1.85 bits per heavy atom. The van der Waals surface area contributed by atoms with Crippen LogP contribution in [0.1, 0.15) is 29.3 Å². The molecule has 0 saturated carbocycles. The van der Waals surface area contributed by atoms with Crippen molar-refractivity contribution in [3.05, 3.63) is 53.6 Å². The van der Waals surface area contributed by atoms with Gasteiger partial charge in [-0.1, -0.05) is 34.8 Å². The molecule has 0 radical (unpaired) electrons. The second kappa shape index (κ2) is 7.84. The fourth-order valence-corrected chi connectivity index (χ4v) is 2.90. The zero-order valence-corrected chi connectivity index (χ0v) is 16.1. The molecule has 26 heavy (non-hydrogen) atoms. The van der Waals surface area contributed by atoms with Gasteiger partial charge in [-0.15, -0.1) is 0 Å². The van der Waals surface area contributed by atoms with Gasteiger partial charge in [-0.05, 0) is 55.8 Å². The molecule has 0 fully saturated rings. The zero-order valence-electron chi connectivity index (χ0n) is 13.9. The van der Waals surface area contributed by atoms with Gasteiger partial charge in [0.25, 0.3) is 0 Å². The number of nitrogens with one attached hydrogen (secondary N) is 1. The Balaban J connectivity index is 1.90. The van der Waals surface area contributed by atoms with Gasteiger partial charge in [0.15, 0.2) is 5.78 Å². The highest BCUT2D eigenvalue weighted by atomic mass is 35.6. The number of ketones is 1. The van der Waals surface area contributed by atoms with E-state index in [4.69, 9.17) is 39.5 Å². The van der Waals surface area contributed by atoms with Gasteiger partial charge in [-0.25, -0.2) is 5.43 Å². The number of hydrogen-bond acceptors (Lipinski definition) is 5. The smallest absolute Gasteiger partial charge is 0.218 e. The lowest BCUT2D eigenvalue weighted by Crippen LogP contribution is -2.38. The maximum atomic E-state index is 11.4. The molecule has 1 aliphatic rings. The minimum Gasteiger partial charge on any atom is -0.457 e. The summed E-state index contributed by atoms with van der Waals surface area (Å²) >= 11 is 18.4. The van der Waals surface area contributed by atoms with E-state index in [2.05, 4.69) is 10.5 Å². The number of hydrazine groups is 1. The monoisotopic (exact) mass is 411 g/mol. The number of hydrazone groups is 1. The predicted octanol–water partition coefficient (Wildman–Crippen LogP) is 5.21. The number of halogens is 3. The van der Waals surface area contributed by atoms with E-state index in [1.54, 1.807) is 53.8 Å². The molecule has 1 heterocycles. The van der Waals surface area contributed by atoms with Crippen LogP contribution in [0.5, 0.6) is 11.5 Å². The lowest BCUT2D eigenvalue weighted by atomic mass is 10.1. The van der Waals surface area contributed by atoms with E-state index in [1.807, 2.05) is 0 Å². The van der Waals surface area contributed by atoms with Gasteiger partial charge >= 0.3 is 0 Å². The van der Waals surface area contributed by atoms with Gasteiger partial charge in [0, 0.05) is 23.9 Å². The van der Waals surface area contributed by atoms with Crippen LogP contribution in [0.25, 0.3) is 0 Å². The highest BCUT2D eigenvalue weighted by Gasteiger charge is 2.29. The van der Waals surface area contributed by atoms with Gasteiger partial charge in [0.1, 0.15) is 11.5 Å². The second-order valence-electron chi connectivity index (χ2n) is 5.67. The fraction of sp³-hybridized carbons (Fsp3) is 0.222. The molecule has 5 nitrogen and oxygen atoms in total. The van der Waals surface area contributed by atoms with Crippen molar-refractivity contribution < 1.29 is 9.53 Å². The van der Waals surface area contributed by atoms with E-state index in [0.717, 1.165) is 13.0 Å². The minimum atomic E-state index is -1.65. The van der Waals surface area contributed by atoms with Crippen LogP contribution in [0.2, 0.25) is 0 Å². The number of hydrogen-bond donors (Lipinski definition) is 1. The van der Waals surface area contributed by atoms with Crippen LogP contribution in [0.4, 0.5) is 5.69 Å². The summed E-state index contributed by atoms with van der Waals surface area (Å²) in [6.07, 6.45) is 2.62. The van der Waals surface area contributed by atoms with Crippen molar-refractivity contribution in [2.24, 2.45) is 5.10 Å². The molecule has 0 saturated heterocycles. The van der Waals surface area contributed by atoms with Gasteiger partial charge in [0.2, 0.25) is 3.79 Å². The molecule has 2 aromatic carbocycles.